The third-order valence-electron chi connectivity index (χ3n) is 6.55. The summed E-state index contributed by atoms with van der Waals surface area (Å²) in [5.41, 5.74) is 1.01. The number of amides is 1. The van der Waals surface area contributed by atoms with Gasteiger partial charge in [-0.3, -0.25) is 9.69 Å². The standard InChI is InChI=1S/C19H23FN2O2/c20-15-5-3-12(4-6-15)16-10-21(7-8-24-16)11-22-18-14-2-1-13(9-14)17(18)19(22)23/h3-6,13-14,16-18H,1-2,7-11H2/t13-,14-,16+,17+,18-/m0/s1. The Morgan fingerprint density at radius 2 is 1.96 bits per heavy atom. The van der Waals surface area contributed by atoms with Crippen LogP contribution in [0.4, 0.5) is 4.39 Å². The van der Waals surface area contributed by atoms with E-state index in [1.807, 2.05) is 0 Å². The van der Waals surface area contributed by atoms with Crippen molar-refractivity contribution in [3.05, 3.63) is 35.6 Å². The molecular weight excluding hydrogens is 307 g/mol. The fourth-order valence-electron chi connectivity index (χ4n) is 5.40. The molecule has 5 rings (SSSR count). The van der Waals surface area contributed by atoms with Gasteiger partial charge in [-0.2, -0.15) is 0 Å². The molecule has 4 nitrogen and oxygen atoms in total. The number of benzene rings is 1. The number of β-lactam (4-membered cyclic amide) rings is 1. The second kappa shape index (κ2) is 5.53. The summed E-state index contributed by atoms with van der Waals surface area (Å²) in [6, 6.07) is 7.06. The van der Waals surface area contributed by atoms with Crippen LogP contribution < -0.4 is 0 Å². The monoisotopic (exact) mass is 330 g/mol. The molecule has 0 N–H and O–H groups in total. The van der Waals surface area contributed by atoms with Crippen molar-refractivity contribution in [1.29, 1.82) is 0 Å². The lowest BCUT2D eigenvalue weighted by atomic mass is 9.76. The molecule has 4 aliphatic rings. The molecule has 5 heteroatoms. The fourth-order valence-corrected chi connectivity index (χ4v) is 5.40. The van der Waals surface area contributed by atoms with Crippen LogP contribution in [0.2, 0.25) is 0 Å². The van der Waals surface area contributed by atoms with Crippen molar-refractivity contribution < 1.29 is 13.9 Å². The van der Waals surface area contributed by atoms with Crippen molar-refractivity contribution in [2.45, 2.75) is 31.4 Å². The summed E-state index contributed by atoms with van der Waals surface area (Å²) in [7, 11) is 0. The van der Waals surface area contributed by atoms with E-state index in [9.17, 15) is 9.18 Å². The Morgan fingerprint density at radius 3 is 2.79 bits per heavy atom. The number of hydrogen-bond acceptors (Lipinski definition) is 3. The first-order valence-electron chi connectivity index (χ1n) is 9.10. The lowest BCUT2D eigenvalue weighted by Crippen LogP contribution is -2.66. The molecule has 1 aromatic rings. The molecule has 2 aliphatic heterocycles. The third kappa shape index (κ3) is 2.21. The normalized spacial score (nSPS) is 38.3. The molecule has 0 unspecified atom stereocenters. The van der Waals surface area contributed by atoms with Gasteiger partial charge in [-0.1, -0.05) is 12.1 Å². The maximum absolute atomic E-state index is 13.1. The van der Waals surface area contributed by atoms with Crippen molar-refractivity contribution in [3.63, 3.8) is 0 Å². The zero-order chi connectivity index (χ0) is 16.3. The van der Waals surface area contributed by atoms with E-state index in [-0.39, 0.29) is 11.9 Å². The van der Waals surface area contributed by atoms with E-state index in [1.54, 1.807) is 12.1 Å². The van der Waals surface area contributed by atoms with Crippen molar-refractivity contribution in [1.82, 2.24) is 9.80 Å². The lowest BCUT2D eigenvalue weighted by molar-refractivity contribution is -0.168. The number of halogens is 1. The molecule has 2 saturated heterocycles. The minimum absolute atomic E-state index is 0.0356. The summed E-state index contributed by atoms with van der Waals surface area (Å²) < 4.78 is 19.0. The lowest BCUT2D eigenvalue weighted by Gasteiger charge is -2.51. The molecule has 1 amide bonds. The molecule has 128 valence electrons. The summed E-state index contributed by atoms with van der Waals surface area (Å²) >= 11 is 0. The fraction of sp³-hybridized carbons (Fsp3) is 0.632. The number of likely N-dealkylation sites (tertiary alicyclic amines) is 1. The van der Waals surface area contributed by atoms with Gasteiger partial charge in [-0.15, -0.1) is 0 Å². The first-order chi connectivity index (χ1) is 11.7. The predicted molar refractivity (Wildman–Crippen MR) is 86.5 cm³/mol. The van der Waals surface area contributed by atoms with Gasteiger partial charge in [0.05, 0.1) is 25.3 Å². The number of carbonyl (C=O) groups excluding carboxylic acids is 1. The van der Waals surface area contributed by atoms with E-state index >= 15 is 0 Å². The van der Waals surface area contributed by atoms with E-state index in [1.165, 1.54) is 31.4 Å². The molecule has 2 bridgehead atoms. The molecule has 4 fully saturated rings. The number of hydrogen-bond donors (Lipinski definition) is 0. The molecule has 1 aromatic carbocycles. The third-order valence-corrected chi connectivity index (χ3v) is 6.55. The van der Waals surface area contributed by atoms with Crippen LogP contribution in [0, 0.1) is 23.6 Å². The minimum Gasteiger partial charge on any atom is -0.371 e. The summed E-state index contributed by atoms with van der Waals surface area (Å²) in [4.78, 5) is 17.0. The number of fused-ring (bicyclic) bond motifs is 5. The highest BCUT2D eigenvalue weighted by molar-refractivity contribution is 5.87. The quantitative estimate of drug-likeness (QED) is 0.798. The molecule has 0 radical (unpaired) electrons. The molecule has 2 aliphatic carbocycles. The molecular formula is C19H23FN2O2. The SMILES string of the molecule is O=C1[C@@H]2[C@H]3CC[C@@H](C3)[C@@H]2N1CN1CCO[C@@H](c2ccc(F)cc2)C1. The van der Waals surface area contributed by atoms with Gasteiger partial charge in [0.1, 0.15) is 5.82 Å². The molecule has 24 heavy (non-hydrogen) atoms. The van der Waals surface area contributed by atoms with Crippen molar-refractivity contribution >= 4 is 5.91 Å². The minimum atomic E-state index is -0.222. The predicted octanol–water partition coefficient (Wildman–Crippen LogP) is 2.41. The maximum Gasteiger partial charge on any atom is 0.229 e. The van der Waals surface area contributed by atoms with Gasteiger partial charge < -0.3 is 9.64 Å². The molecule has 0 spiro atoms. The van der Waals surface area contributed by atoms with Gasteiger partial charge in [0, 0.05) is 19.1 Å². The van der Waals surface area contributed by atoms with Gasteiger partial charge in [0.2, 0.25) is 5.91 Å². The van der Waals surface area contributed by atoms with Crippen molar-refractivity contribution in [2.24, 2.45) is 17.8 Å². The van der Waals surface area contributed by atoms with Crippen LogP contribution in [-0.4, -0.2) is 48.1 Å². The van der Waals surface area contributed by atoms with E-state index in [0.717, 1.165) is 31.2 Å². The Kier molecular flexibility index (Phi) is 3.42. The van der Waals surface area contributed by atoms with Crippen LogP contribution in [-0.2, 0) is 9.53 Å². The number of morpholine rings is 1. The first kappa shape index (κ1) is 14.8. The smallest absolute Gasteiger partial charge is 0.229 e. The Morgan fingerprint density at radius 1 is 1.17 bits per heavy atom. The zero-order valence-corrected chi connectivity index (χ0v) is 13.7. The Balaban J connectivity index is 1.25. The van der Waals surface area contributed by atoms with Crippen LogP contribution >= 0.6 is 0 Å². The van der Waals surface area contributed by atoms with E-state index < -0.39 is 0 Å². The van der Waals surface area contributed by atoms with Gasteiger partial charge in [0.25, 0.3) is 0 Å². The summed E-state index contributed by atoms with van der Waals surface area (Å²) in [6.45, 7) is 3.00. The van der Waals surface area contributed by atoms with Crippen molar-refractivity contribution in [2.75, 3.05) is 26.4 Å². The average Bonchev–Trinajstić information content (AvgIpc) is 3.19. The molecule has 2 heterocycles. The van der Waals surface area contributed by atoms with Crippen molar-refractivity contribution in [3.8, 4) is 0 Å². The Labute approximate surface area is 141 Å². The zero-order valence-electron chi connectivity index (χ0n) is 13.7. The van der Waals surface area contributed by atoms with Gasteiger partial charge in [-0.05, 0) is 48.8 Å². The molecule has 5 atom stereocenters. The van der Waals surface area contributed by atoms with Crippen LogP contribution in [0.15, 0.2) is 24.3 Å². The van der Waals surface area contributed by atoms with E-state index in [4.69, 9.17) is 4.74 Å². The number of nitrogens with zero attached hydrogens (tertiary/aromatic N) is 2. The van der Waals surface area contributed by atoms with E-state index in [0.29, 0.717) is 30.4 Å². The topological polar surface area (TPSA) is 32.8 Å². The van der Waals surface area contributed by atoms with Crippen LogP contribution in [0.3, 0.4) is 0 Å². The number of carbonyl (C=O) groups is 1. The first-order valence-corrected chi connectivity index (χ1v) is 9.10. The number of ether oxygens (including phenoxy) is 1. The highest BCUT2D eigenvalue weighted by Crippen LogP contribution is 2.56. The Bertz CT molecular complexity index is 649. The van der Waals surface area contributed by atoms with Gasteiger partial charge in [-0.25, -0.2) is 4.39 Å². The van der Waals surface area contributed by atoms with Crippen LogP contribution in [0.5, 0.6) is 0 Å². The highest BCUT2D eigenvalue weighted by Gasteiger charge is 2.61. The second-order valence-corrected chi connectivity index (χ2v) is 7.79. The van der Waals surface area contributed by atoms with Gasteiger partial charge >= 0.3 is 0 Å². The van der Waals surface area contributed by atoms with Gasteiger partial charge in [0.15, 0.2) is 0 Å². The largest absolute Gasteiger partial charge is 0.371 e. The summed E-state index contributed by atoms with van der Waals surface area (Å²) in [6.07, 6.45) is 3.79. The van der Waals surface area contributed by atoms with E-state index in [2.05, 4.69) is 9.80 Å². The second-order valence-electron chi connectivity index (χ2n) is 7.79. The average molecular weight is 330 g/mol. The highest BCUT2D eigenvalue weighted by atomic mass is 19.1. The number of rotatable bonds is 3. The molecule has 2 saturated carbocycles. The summed E-state index contributed by atoms with van der Waals surface area (Å²) in [5, 5.41) is 0. The maximum atomic E-state index is 13.1. The van der Waals surface area contributed by atoms with Crippen LogP contribution in [0.1, 0.15) is 30.9 Å². The van der Waals surface area contributed by atoms with Crippen LogP contribution in [0.25, 0.3) is 0 Å². The Hall–Kier alpha value is -1.46. The molecule has 0 aromatic heterocycles. The summed E-state index contributed by atoms with van der Waals surface area (Å²) in [5.74, 6) is 1.89.